The van der Waals surface area contributed by atoms with Crippen molar-refractivity contribution in [1.82, 2.24) is 9.88 Å². The maximum absolute atomic E-state index is 11.5. The van der Waals surface area contributed by atoms with Crippen LogP contribution >= 0.6 is 11.3 Å². The number of likely N-dealkylation sites (tertiary alicyclic amines) is 1. The van der Waals surface area contributed by atoms with Crippen molar-refractivity contribution in [2.45, 2.75) is 19.4 Å². The summed E-state index contributed by atoms with van der Waals surface area (Å²) in [6.45, 7) is 2.70. The van der Waals surface area contributed by atoms with E-state index in [2.05, 4.69) is 9.88 Å². The van der Waals surface area contributed by atoms with E-state index in [1.807, 2.05) is 11.6 Å². The summed E-state index contributed by atoms with van der Waals surface area (Å²) in [6, 6.07) is 0. The maximum atomic E-state index is 11.5. The third-order valence-corrected chi connectivity index (χ3v) is 3.65. The van der Waals surface area contributed by atoms with Gasteiger partial charge in [-0.3, -0.25) is 9.69 Å². The quantitative estimate of drug-likeness (QED) is 0.751. The van der Waals surface area contributed by atoms with E-state index in [-0.39, 0.29) is 11.9 Å². The molecule has 0 amide bonds. The zero-order valence-electron chi connectivity index (χ0n) is 9.39. The molecule has 88 valence electrons. The number of thiazole rings is 1. The normalized spacial score (nSPS) is 21.9. The van der Waals surface area contributed by atoms with Crippen molar-refractivity contribution in [2.24, 2.45) is 5.92 Å². The minimum Gasteiger partial charge on any atom is -0.469 e. The number of nitrogens with zero attached hydrogens (tertiary/aromatic N) is 2. The fraction of sp³-hybridized carbons (Fsp3) is 0.636. The topological polar surface area (TPSA) is 42.4 Å². The summed E-state index contributed by atoms with van der Waals surface area (Å²) in [5, 5.41) is 3.10. The highest BCUT2D eigenvalue weighted by Gasteiger charge is 2.26. The van der Waals surface area contributed by atoms with Gasteiger partial charge in [-0.25, -0.2) is 4.98 Å². The van der Waals surface area contributed by atoms with Crippen molar-refractivity contribution in [3.63, 3.8) is 0 Å². The zero-order chi connectivity index (χ0) is 11.4. The molecule has 2 rings (SSSR count). The van der Waals surface area contributed by atoms with Gasteiger partial charge in [0.05, 0.1) is 19.6 Å². The van der Waals surface area contributed by atoms with Crippen LogP contribution < -0.4 is 0 Å². The molecule has 1 aliphatic rings. The first kappa shape index (κ1) is 11.5. The molecule has 0 spiro atoms. The van der Waals surface area contributed by atoms with Gasteiger partial charge in [-0.05, 0) is 19.4 Å². The van der Waals surface area contributed by atoms with E-state index >= 15 is 0 Å². The molecule has 0 radical (unpaired) electrons. The summed E-state index contributed by atoms with van der Waals surface area (Å²) >= 11 is 1.66. The Morgan fingerprint density at radius 2 is 2.62 bits per heavy atom. The predicted molar refractivity (Wildman–Crippen MR) is 62.1 cm³/mol. The molecule has 1 aromatic rings. The number of aromatic nitrogens is 1. The number of hydrogen-bond acceptors (Lipinski definition) is 5. The fourth-order valence-electron chi connectivity index (χ4n) is 2.08. The lowest BCUT2D eigenvalue weighted by Gasteiger charge is -2.30. The molecule has 1 unspecified atom stereocenters. The summed E-state index contributed by atoms with van der Waals surface area (Å²) in [5.41, 5.74) is 0. The summed E-state index contributed by atoms with van der Waals surface area (Å²) in [5.74, 6) is -0.0393. The average Bonchev–Trinajstić information content (AvgIpc) is 2.81. The van der Waals surface area contributed by atoms with Crippen LogP contribution in [0.5, 0.6) is 0 Å². The molecular formula is C11H16N2O2S. The van der Waals surface area contributed by atoms with Crippen LogP contribution in [0.3, 0.4) is 0 Å². The van der Waals surface area contributed by atoms with Gasteiger partial charge in [0.2, 0.25) is 0 Å². The summed E-state index contributed by atoms with van der Waals surface area (Å²) in [7, 11) is 1.46. The molecule has 1 aliphatic heterocycles. The van der Waals surface area contributed by atoms with Crippen LogP contribution in [0.15, 0.2) is 11.6 Å². The van der Waals surface area contributed by atoms with Crippen LogP contribution in [0, 0.1) is 5.92 Å². The van der Waals surface area contributed by atoms with Crippen molar-refractivity contribution >= 4 is 17.3 Å². The maximum Gasteiger partial charge on any atom is 0.309 e. The highest BCUT2D eigenvalue weighted by molar-refractivity contribution is 7.09. The third-order valence-electron chi connectivity index (χ3n) is 2.88. The monoisotopic (exact) mass is 240 g/mol. The van der Waals surface area contributed by atoms with Crippen LogP contribution in [0.1, 0.15) is 17.8 Å². The first-order valence-corrected chi connectivity index (χ1v) is 6.36. The van der Waals surface area contributed by atoms with Crippen LogP contribution in [-0.4, -0.2) is 36.1 Å². The molecule has 1 fully saturated rings. The lowest BCUT2D eigenvalue weighted by Crippen LogP contribution is -2.38. The number of hydrogen-bond donors (Lipinski definition) is 0. The van der Waals surface area contributed by atoms with Gasteiger partial charge in [0.1, 0.15) is 5.01 Å². The van der Waals surface area contributed by atoms with E-state index in [4.69, 9.17) is 4.74 Å². The van der Waals surface area contributed by atoms with Crippen molar-refractivity contribution in [3.05, 3.63) is 16.6 Å². The second kappa shape index (κ2) is 5.41. The largest absolute Gasteiger partial charge is 0.469 e. The van der Waals surface area contributed by atoms with Crippen molar-refractivity contribution in [2.75, 3.05) is 20.2 Å². The minimum absolute atomic E-state index is 0.0405. The molecule has 0 aliphatic carbocycles. The van der Waals surface area contributed by atoms with Crippen molar-refractivity contribution in [3.8, 4) is 0 Å². The Bertz CT molecular complexity index is 340. The molecule has 0 N–H and O–H groups in total. The fourth-order valence-corrected chi connectivity index (χ4v) is 2.74. The molecule has 5 heteroatoms. The van der Waals surface area contributed by atoms with Gasteiger partial charge >= 0.3 is 5.97 Å². The minimum atomic E-state index is -0.0798. The van der Waals surface area contributed by atoms with Gasteiger partial charge in [0.15, 0.2) is 0 Å². The molecule has 0 bridgehead atoms. The van der Waals surface area contributed by atoms with E-state index in [1.54, 1.807) is 11.3 Å². The Hall–Kier alpha value is -0.940. The van der Waals surface area contributed by atoms with E-state index in [1.165, 1.54) is 7.11 Å². The molecule has 2 heterocycles. The van der Waals surface area contributed by atoms with E-state index in [9.17, 15) is 4.79 Å². The van der Waals surface area contributed by atoms with Crippen LogP contribution in [0.25, 0.3) is 0 Å². The smallest absolute Gasteiger partial charge is 0.309 e. The number of piperidine rings is 1. The number of carbonyl (C=O) groups is 1. The number of methoxy groups -OCH3 is 1. The predicted octanol–water partition coefficient (Wildman–Crippen LogP) is 1.53. The Morgan fingerprint density at radius 3 is 3.31 bits per heavy atom. The lowest BCUT2D eigenvalue weighted by atomic mass is 9.98. The zero-order valence-corrected chi connectivity index (χ0v) is 10.2. The van der Waals surface area contributed by atoms with E-state index in [0.717, 1.165) is 37.5 Å². The van der Waals surface area contributed by atoms with Gasteiger partial charge in [-0.1, -0.05) is 0 Å². The van der Waals surface area contributed by atoms with Crippen LogP contribution in [0.4, 0.5) is 0 Å². The summed E-state index contributed by atoms with van der Waals surface area (Å²) in [4.78, 5) is 18.0. The van der Waals surface area contributed by atoms with Gasteiger partial charge in [0.25, 0.3) is 0 Å². The Morgan fingerprint density at radius 1 is 1.75 bits per heavy atom. The molecule has 1 saturated heterocycles. The van der Waals surface area contributed by atoms with E-state index in [0.29, 0.717) is 0 Å². The highest BCUT2D eigenvalue weighted by Crippen LogP contribution is 2.20. The number of ether oxygens (including phenoxy) is 1. The molecule has 4 nitrogen and oxygen atoms in total. The molecule has 0 aromatic carbocycles. The van der Waals surface area contributed by atoms with Crippen molar-refractivity contribution in [1.29, 1.82) is 0 Å². The summed E-state index contributed by atoms with van der Waals surface area (Å²) < 4.78 is 4.79. The molecule has 1 atom stereocenters. The lowest BCUT2D eigenvalue weighted by molar-refractivity contribution is -0.147. The second-order valence-electron chi connectivity index (χ2n) is 4.02. The SMILES string of the molecule is COC(=O)C1CCCN(Cc2nccs2)C1. The molecular weight excluding hydrogens is 224 g/mol. The highest BCUT2D eigenvalue weighted by atomic mass is 32.1. The van der Waals surface area contributed by atoms with Gasteiger partial charge in [-0.15, -0.1) is 11.3 Å². The Labute approximate surface area is 99.2 Å². The first-order chi connectivity index (χ1) is 7.79. The average molecular weight is 240 g/mol. The number of rotatable bonds is 3. The molecule has 1 aromatic heterocycles. The number of esters is 1. The Balaban J connectivity index is 1.89. The van der Waals surface area contributed by atoms with Crippen LogP contribution in [-0.2, 0) is 16.1 Å². The van der Waals surface area contributed by atoms with Gasteiger partial charge in [0, 0.05) is 18.1 Å². The second-order valence-corrected chi connectivity index (χ2v) is 5.00. The van der Waals surface area contributed by atoms with E-state index < -0.39 is 0 Å². The van der Waals surface area contributed by atoms with Gasteiger partial charge < -0.3 is 4.74 Å². The molecule has 0 saturated carbocycles. The first-order valence-electron chi connectivity index (χ1n) is 5.48. The number of carbonyl (C=O) groups excluding carboxylic acids is 1. The standard InChI is InChI=1S/C11H16N2O2S/c1-15-11(14)9-3-2-5-13(7-9)8-10-12-4-6-16-10/h4,6,9H,2-3,5,7-8H2,1H3. The van der Waals surface area contributed by atoms with Crippen molar-refractivity contribution < 1.29 is 9.53 Å². The third kappa shape index (κ3) is 2.80. The van der Waals surface area contributed by atoms with Crippen LogP contribution in [0.2, 0.25) is 0 Å². The Kier molecular flexibility index (Phi) is 3.90. The van der Waals surface area contributed by atoms with Gasteiger partial charge in [-0.2, -0.15) is 0 Å². The molecule has 16 heavy (non-hydrogen) atoms. The summed E-state index contributed by atoms with van der Waals surface area (Å²) in [6.07, 6.45) is 3.83.